The van der Waals surface area contributed by atoms with Gasteiger partial charge in [0.15, 0.2) is 0 Å². The molecular formula is C17H21FN2O2S. The Bertz CT molecular complexity index is 839. The predicted octanol–water partition coefficient (Wildman–Crippen LogP) is 3.53. The second-order valence-electron chi connectivity index (χ2n) is 5.90. The molecule has 0 radical (unpaired) electrons. The number of fused-ring (bicyclic) bond motifs is 1. The number of hydrogen-bond donors (Lipinski definition) is 1. The molecular weight excluding hydrogens is 315 g/mol. The molecule has 0 unspecified atom stereocenters. The SMILES string of the molecule is CCCCS(=O)(=O)N1CC=C(c2c[nH]c3cc(F)ccc23)CC1. The van der Waals surface area contributed by atoms with Crippen LogP contribution in [0.15, 0.2) is 30.5 Å². The fourth-order valence-corrected chi connectivity index (χ4v) is 4.55. The van der Waals surface area contributed by atoms with E-state index in [9.17, 15) is 12.8 Å². The van der Waals surface area contributed by atoms with Gasteiger partial charge in [0.25, 0.3) is 0 Å². The predicted molar refractivity (Wildman–Crippen MR) is 91.1 cm³/mol. The molecule has 1 aliphatic rings. The maximum absolute atomic E-state index is 13.3. The van der Waals surface area contributed by atoms with Crippen LogP contribution >= 0.6 is 0 Å². The number of nitrogens with zero attached hydrogens (tertiary/aromatic N) is 1. The van der Waals surface area contributed by atoms with E-state index in [1.54, 1.807) is 10.4 Å². The van der Waals surface area contributed by atoms with Crippen LogP contribution in [0.3, 0.4) is 0 Å². The minimum atomic E-state index is -3.15. The van der Waals surface area contributed by atoms with Crippen molar-refractivity contribution in [1.82, 2.24) is 9.29 Å². The molecule has 0 saturated carbocycles. The summed E-state index contributed by atoms with van der Waals surface area (Å²) in [6.45, 7) is 2.91. The summed E-state index contributed by atoms with van der Waals surface area (Å²) in [6.07, 6.45) is 6.09. The first-order valence-electron chi connectivity index (χ1n) is 7.95. The van der Waals surface area contributed by atoms with Crippen molar-refractivity contribution in [2.24, 2.45) is 0 Å². The number of halogens is 1. The molecule has 2 aromatic rings. The van der Waals surface area contributed by atoms with Crippen molar-refractivity contribution in [3.63, 3.8) is 0 Å². The highest BCUT2D eigenvalue weighted by molar-refractivity contribution is 7.89. The van der Waals surface area contributed by atoms with Crippen molar-refractivity contribution in [1.29, 1.82) is 0 Å². The van der Waals surface area contributed by atoms with Crippen LogP contribution in [0.5, 0.6) is 0 Å². The van der Waals surface area contributed by atoms with E-state index < -0.39 is 10.0 Å². The van der Waals surface area contributed by atoms with E-state index in [1.807, 2.05) is 19.2 Å². The zero-order valence-corrected chi connectivity index (χ0v) is 14.0. The molecule has 124 valence electrons. The summed E-state index contributed by atoms with van der Waals surface area (Å²) in [5.74, 6) is -0.0457. The summed E-state index contributed by atoms with van der Waals surface area (Å²) in [4.78, 5) is 3.08. The first-order chi connectivity index (χ1) is 11.0. The quantitative estimate of drug-likeness (QED) is 0.908. The van der Waals surface area contributed by atoms with E-state index in [4.69, 9.17) is 0 Å². The van der Waals surface area contributed by atoms with Gasteiger partial charge in [-0.2, -0.15) is 4.31 Å². The van der Waals surface area contributed by atoms with Crippen molar-refractivity contribution in [3.8, 4) is 0 Å². The lowest BCUT2D eigenvalue weighted by molar-refractivity contribution is 0.440. The van der Waals surface area contributed by atoms with E-state index in [2.05, 4.69) is 4.98 Å². The Morgan fingerprint density at radius 3 is 2.87 bits per heavy atom. The van der Waals surface area contributed by atoms with Gasteiger partial charge in [-0.25, -0.2) is 12.8 Å². The number of H-pyrrole nitrogens is 1. The molecule has 23 heavy (non-hydrogen) atoms. The smallest absolute Gasteiger partial charge is 0.214 e. The largest absolute Gasteiger partial charge is 0.360 e. The van der Waals surface area contributed by atoms with Crippen molar-refractivity contribution < 1.29 is 12.8 Å². The number of unbranched alkanes of at least 4 members (excludes halogenated alkanes) is 1. The van der Waals surface area contributed by atoms with Crippen molar-refractivity contribution in [2.45, 2.75) is 26.2 Å². The molecule has 6 heteroatoms. The van der Waals surface area contributed by atoms with Gasteiger partial charge in [-0.05, 0) is 36.6 Å². The number of hydrogen-bond acceptors (Lipinski definition) is 2. The molecule has 2 heterocycles. The fourth-order valence-electron chi connectivity index (χ4n) is 2.97. The van der Waals surface area contributed by atoms with Crippen LogP contribution in [-0.2, 0) is 10.0 Å². The molecule has 0 amide bonds. The molecule has 4 nitrogen and oxygen atoms in total. The van der Waals surface area contributed by atoms with Crippen LogP contribution in [0, 0.1) is 5.82 Å². The van der Waals surface area contributed by atoms with E-state index in [1.165, 1.54) is 12.1 Å². The number of nitrogens with one attached hydrogen (secondary N) is 1. The average molecular weight is 336 g/mol. The third-order valence-electron chi connectivity index (χ3n) is 4.31. The number of aromatic nitrogens is 1. The van der Waals surface area contributed by atoms with Crippen LogP contribution in [0.2, 0.25) is 0 Å². The molecule has 0 aliphatic carbocycles. The van der Waals surface area contributed by atoms with E-state index in [-0.39, 0.29) is 11.6 Å². The number of aromatic amines is 1. The average Bonchev–Trinajstić information content (AvgIpc) is 2.96. The lowest BCUT2D eigenvalue weighted by atomic mass is 10.00. The van der Waals surface area contributed by atoms with E-state index in [0.29, 0.717) is 25.9 Å². The van der Waals surface area contributed by atoms with Gasteiger partial charge in [0.2, 0.25) is 10.0 Å². The zero-order chi connectivity index (χ0) is 16.4. The Hall–Kier alpha value is -1.66. The minimum absolute atomic E-state index is 0.221. The van der Waals surface area contributed by atoms with E-state index >= 15 is 0 Å². The highest BCUT2D eigenvalue weighted by Gasteiger charge is 2.24. The highest BCUT2D eigenvalue weighted by atomic mass is 32.2. The molecule has 0 bridgehead atoms. The molecule has 0 spiro atoms. The van der Waals surface area contributed by atoms with Crippen LogP contribution < -0.4 is 0 Å². The first-order valence-corrected chi connectivity index (χ1v) is 9.56. The summed E-state index contributed by atoms with van der Waals surface area (Å²) < 4.78 is 39.3. The number of rotatable bonds is 5. The van der Waals surface area contributed by atoms with Crippen LogP contribution in [0.25, 0.3) is 16.5 Å². The van der Waals surface area contributed by atoms with Gasteiger partial charge in [-0.1, -0.05) is 19.4 Å². The second kappa shape index (κ2) is 6.45. The third-order valence-corrected chi connectivity index (χ3v) is 6.23. The van der Waals surface area contributed by atoms with Crippen LogP contribution in [0.4, 0.5) is 4.39 Å². The molecule has 0 atom stereocenters. The van der Waals surface area contributed by atoms with Gasteiger partial charge < -0.3 is 4.98 Å². The Balaban J connectivity index is 1.81. The molecule has 1 aliphatic heterocycles. The normalized spacial score (nSPS) is 16.7. The summed E-state index contributed by atoms with van der Waals surface area (Å²) in [6, 6.07) is 4.69. The maximum atomic E-state index is 13.3. The van der Waals surface area contributed by atoms with E-state index in [0.717, 1.165) is 28.5 Å². The monoisotopic (exact) mass is 336 g/mol. The minimum Gasteiger partial charge on any atom is -0.360 e. The van der Waals surface area contributed by atoms with Crippen molar-refractivity contribution in [2.75, 3.05) is 18.8 Å². The molecule has 1 aromatic heterocycles. The zero-order valence-electron chi connectivity index (χ0n) is 13.2. The summed E-state index contributed by atoms with van der Waals surface area (Å²) in [5, 5.41) is 0.972. The number of benzene rings is 1. The van der Waals surface area contributed by atoms with Gasteiger partial charge in [-0.15, -0.1) is 0 Å². The van der Waals surface area contributed by atoms with Gasteiger partial charge >= 0.3 is 0 Å². The second-order valence-corrected chi connectivity index (χ2v) is 7.99. The van der Waals surface area contributed by atoms with Crippen molar-refractivity contribution in [3.05, 3.63) is 41.9 Å². The van der Waals surface area contributed by atoms with Gasteiger partial charge in [-0.3, -0.25) is 0 Å². The van der Waals surface area contributed by atoms with Crippen LogP contribution in [0.1, 0.15) is 31.7 Å². The lowest BCUT2D eigenvalue weighted by Gasteiger charge is -2.25. The van der Waals surface area contributed by atoms with Gasteiger partial charge in [0.05, 0.1) is 5.75 Å². The standard InChI is InChI=1S/C17H21FN2O2S/c1-2-3-10-23(21,22)20-8-6-13(7-9-20)16-12-19-17-11-14(18)4-5-15(16)17/h4-6,11-12,19H,2-3,7-10H2,1H3. The summed E-state index contributed by atoms with van der Waals surface area (Å²) in [5.41, 5.74) is 2.91. The molecule has 1 N–H and O–H groups in total. The van der Waals surface area contributed by atoms with Crippen LogP contribution in [-0.4, -0.2) is 36.5 Å². The highest BCUT2D eigenvalue weighted by Crippen LogP contribution is 2.30. The summed E-state index contributed by atoms with van der Waals surface area (Å²) >= 11 is 0. The Morgan fingerprint density at radius 2 is 2.17 bits per heavy atom. The Morgan fingerprint density at radius 1 is 1.35 bits per heavy atom. The topological polar surface area (TPSA) is 53.2 Å². The lowest BCUT2D eigenvalue weighted by Crippen LogP contribution is -2.36. The number of sulfonamides is 1. The summed E-state index contributed by atoms with van der Waals surface area (Å²) in [7, 11) is -3.15. The van der Waals surface area contributed by atoms with Gasteiger partial charge in [0.1, 0.15) is 5.82 Å². The molecule has 1 aromatic carbocycles. The first kappa shape index (κ1) is 16.2. The van der Waals surface area contributed by atoms with Crippen molar-refractivity contribution >= 4 is 26.5 Å². The maximum Gasteiger partial charge on any atom is 0.214 e. The third kappa shape index (κ3) is 3.33. The Kier molecular flexibility index (Phi) is 4.55. The fraction of sp³-hybridized carbons (Fsp3) is 0.412. The Labute approximate surface area is 136 Å². The van der Waals surface area contributed by atoms with Gasteiger partial charge in [0, 0.05) is 35.8 Å². The molecule has 3 rings (SSSR count). The molecule has 0 fully saturated rings. The molecule has 0 saturated heterocycles.